The summed E-state index contributed by atoms with van der Waals surface area (Å²) in [4.78, 5) is 26.7. The van der Waals surface area contributed by atoms with Crippen molar-refractivity contribution in [3.63, 3.8) is 0 Å². The number of carbonyl (C=O) groups is 1. The van der Waals surface area contributed by atoms with Crippen molar-refractivity contribution in [3.8, 4) is 0 Å². The van der Waals surface area contributed by atoms with Gasteiger partial charge >= 0.3 is 19.9 Å². The van der Waals surface area contributed by atoms with E-state index in [1.807, 2.05) is 0 Å². The quantitative estimate of drug-likeness (QED) is 0.546. The maximum absolute atomic E-state index is 11.9. The van der Waals surface area contributed by atoms with Gasteiger partial charge in [0.05, 0.1) is 7.11 Å². The molecule has 0 aromatic heterocycles. The number of carbonyl (C=O) groups excluding carboxylic acids is 1. The second kappa shape index (κ2) is 4.16. The topological polar surface area (TPSA) is 93.1 Å². The number of ether oxygens (including phenoxy) is 2. The summed E-state index contributed by atoms with van der Waals surface area (Å²) in [7, 11) is -4.91. The van der Waals surface area contributed by atoms with E-state index in [0.29, 0.717) is 7.11 Å². The lowest BCUT2D eigenvalue weighted by Gasteiger charge is -2.20. The summed E-state index contributed by atoms with van der Waals surface area (Å²) < 4.78 is 53.0. The van der Waals surface area contributed by atoms with E-state index in [0.717, 1.165) is 0 Å². The third-order valence-corrected chi connectivity index (χ3v) is 1.97. The van der Waals surface area contributed by atoms with Gasteiger partial charge in [-0.15, -0.1) is 0 Å². The molecule has 10 heteroatoms. The summed E-state index contributed by atoms with van der Waals surface area (Å²) in [6.45, 7) is 0. The fraction of sp³-hybridized carbons (Fsp3) is 0.750. The average molecular weight is 238 g/mol. The summed E-state index contributed by atoms with van der Waals surface area (Å²) >= 11 is 0. The van der Waals surface area contributed by atoms with Crippen LogP contribution >= 0.6 is 7.60 Å². The van der Waals surface area contributed by atoms with Crippen molar-refractivity contribution in [1.82, 2.24) is 0 Å². The van der Waals surface area contributed by atoms with E-state index >= 15 is 0 Å². The third kappa shape index (κ3) is 3.95. The Balaban J connectivity index is 4.77. The smallest absolute Gasteiger partial charge is 0.438 e. The Morgan fingerprint density at radius 2 is 1.86 bits per heavy atom. The highest BCUT2D eigenvalue weighted by atomic mass is 31.2. The zero-order valence-electron chi connectivity index (χ0n) is 6.69. The van der Waals surface area contributed by atoms with E-state index in [1.54, 1.807) is 0 Å². The molecule has 6 nitrogen and oxygen atoms in total. The Kier molecular flexibility index (Phi) is 3.92. The molecule has 0 radical (unpaired) electrons. The Morgan fingerprint density at radius 3 is 2.07 bits per heavy atom. The molecule has 0 aromatic rings. The molecule has 0 bridgehead atoms. The molecule has 0 fully saturated rings. The highest BCUT2D eigenvalue weighted by Gasteiger charge is 2.54. The summed E-state index contributed by atoms with van der Waals surface area (Å²) in [5.74, 6) is -3.50. The van der Waals surface area contributed by atoms with Gasteiger partial charge in [-0.3, -0.25) is 4.57 Å². The van der Waals surface area contributed by atoms with Gasteiger partial charge in [0.15, 0.2) is 0 Å². The van der Waals surface area contributed by atoms with Gasteiger partial charge < -0.3 is 19.3 Å². The van der Waals surface area contributed by atoms with Crippen molar-refractivity contribution in [3.05, 3.63) is 0 Å². The standard InChI is InChI=1S/C4H6F3O6P/c1-12-3(8)13-2(4(5,6)7)14(9,10)11/h2H,1H3,(H2,9,10,11)/t2-/m0/s1. The monoisotopic (exact) mass is 238 g/mol. The third-order valence-electron chi connectivity index (χ3n) is 0.960. The second-order valence-corrected chi connectivity index (χ2v) is 3.70. The SMILES string of the molecule is COC(=O)O[C@H](C(F)(F)F)P(=O)(O)O. The van der Waals surface area contributed by atoms with Gasteiger partial charge in [0.25, 0.3) is 5.85 Å². The van der Waals surface area contributed by atoms with Crippen LogP contribution in [0, 0.1) is 0 Å². The van der Waals surface area contributed by atoms with Crippen LogP contribution in [0.1, 0.15) is 0 Å². The molecule has 0 aliphatic rings. The van der Waals surface area contributed by atoms with Gasteiger partial charge in [0.2, 0.25) is 0 Å². The minimum atomic E-state index is -5.61. The van der Waals surface area contributed by atoms with Gasteiger partial charge in [-0.05, 0) is 0 Å². The van der Waals surface area contributed by atoms with Crippen LogP contribution in [0.5, 0.6) is 0 Å². The van der Waals surface area contributed by atoms with Gasteiger partial charge in [0.1, 0.15) is 0 Å². The molecular formula is C4H6F3O6P. The molecule has 0 aromatic carbocycles. The molecule has 0 saturated carbocycles. The summed E-state index contributed by atoms with van der Waals surface area (Å²) in [5, 5.41) is 0. The van der Waals surface area contributed by atoms with Crippen molar-refractivity contribution in [2.45, 2.75) is 12.0 Å². The predicted molar refractivity (Wildman–Crippen MR) is 35.4 cm³/mol. The van der Waals surface area contributed by atoms with E-state index in [1.165, 1.54) is 0 Å². The lowest BCUT2D eigenvalue weighted by atomic mass is 10.7. The molecule has 0 unspecified atom stereocenters. The van der Waals surface area contributed by atoms with Gasteiger partial charge in [0, 0.05) is 0 Å². The summed E-state index contributed by atoms with van der Waals surface area (Å²) in [5.41, 5.74) is 0. The average Bonchev–Trinajstić information content (AvgIpc) is 1.95. The minimum Gasteiger partial charge on any atom is -0.438 e. The Hall–Kier alpha value is -0.790. The highest BCUT2D eigenvalue weighted by Crippen LogP contribution is 2.49. The van der Waals surface area contributed by atoms with Gasteiger partial charge in [-0.25, -0.2) is 4.79 Å². The molecule has 0 heterocycles. The van der Waals surface area contributed by atoms with Crippen LogP contribution in [0.2, 0.25) is 0 Å². The molecule has 2 N–H and O–H groups in total. The zero-order chi connectivity index (χ0) is 11.6. The fourth-order valence-electron chi connectivity index (χ4n) is 0.465. The van der Waals surface area contributed by atoms with Crippen LogP contribution in [-0.2, 0) is 14.0 Å². The fourth-order valence-corrected chi connectivity index (χ4v) is 1.07. The van der Waals surface area contributed by atoms with Crippen molar-refractivity contribution >= 4 is 13.8 Å². The maximum atomic E-state index is 11.9. The van der Waals surface area contributed by atoms with Crippen molar-refractivity contribution in [2.24, 2.45) is 0 Å². The van der Waals surface area contributed by atoms with Crippen molar-refractivity contribution in [1.29, 1.82) is 0 Å². The van der Waals surface area contributed by atoms with Crippen LogP contribution in [0.4, 0.5) is 18.0 Å². The van der Waals surface area contributed by atoms with Gasteiger partial charge in [-0.2, -0.15) is 13.2 Å². The van der Waals surface area contributed by atoms with Crippen molar-refractivity contribution in [2.75, 3.05) is 7.11 Å². The number of rotatable bonds is 2. The first kappa shape index (κ1) is 13.2. The first-order valence-corrected chi connectivity index (χ1v) is 4.63. The van der Waals surface area contributed by atoms with Crippen LogP contribution in [0.25, 0.3) is 0 Å². The molecule has 1 atom stereocenters. The molecule has 0 saturated heterocycles. The lowest BCUT2D eigenvalue weighted by Crippen LogP contribution is -2.33. The van der Waals surface area contributed by atoms with Crippen LogP contribution in [-0.4, -0.2) is 35.1 Å². The van der Waals surface area contributed by atoms with E-state index in [9.17, 15) is 22.5 Å². The first-order chi connectivity index (χ1) is 6.09. The van der Waals surface area contributed by atoms with E-state index in [4.69, 9.17) is 9.79 Å². The molecule has 84 valence electrons. The Morgan fingerprint density at radius 1 is 1.43 bits per heavy atom. The predicted octanol–water partition coefficient (Wildman–Crippen LogP) is 0.835. The lowest BCUT2D eigenvalue weighted by molar-refractivity contribution is -0.186. The van der Waals surface area contributed by atoms with Gasteiger partial charge in [-0.1, -0.05) is 0 Å². The largest absolute Gasteiger partial charge is 0.509 e. The van der Waals surface area contributed by atoms with Crippen LogP contribution in [0.15, 0.2) is 0 Å². The highest BCUT2D eigenvalue weighted by molar-refractivity contribution is 7.52. The zero-order valence-corrected chi connectivity index (χ0v) is 7.58. The number of hydrogen-bond acceptors (Lipinski definition) is 4. The van der Waals surface area contributed by atoms with E-state index in [2.05, 4.69) is 9.47 Å². The van der Waals surface area contributed by atoms with E-state index < -0.39 is 25.8 Å². The Bertz CT molecular complexity index is 256. The molecular weight excluding hydrogens is 232 g/mol. The summed E-state index contributed by atoms with van der Waals surface area (Å²) in [6, 6.07) is 0. The number of hydrogen-bond donors (Lipinski definition) is 2. The summed E-state index contributed by atoms with van der Waals surface area (Å²) in [6.07, 6.45) is -7.18. The minimum absolute atomic E-state index is 0.704. The molecule has 0 aliphatic heterocycles. The maximum Gasteiger partial charge on any atom is 0.509 e. The Labute approximate surface area is 75.8 Å². The normalized spacial score (nSPS) is 14.7. The van der Waals surface area contributed by atoms with Crippen LogP contribution < -0.4 is 0 Å². The van der Waals surface area contributed by atoms with Crippen molar-refractivity contribution < 1.29 is 41.8 Å². The van der Waals surface area contributed by atoms with Crippen LogP contribution in [0.3, 0.4) is 0 Å². The molecule has 0 rings (SSSR count). The first-order valence-electron chi connectivity index (χ1n) is 2.95. The molecule has 0 spiro atoms. The number of halogens is 3. The van der Waals surface area contributed by atoms with E-state index in [-0.39, 0.29) is 0 Å². The molecule has 0 aliphatic carbocycles. The molecule has 0 amide bonds. The number of alkyl halides is 3. The second-order valence-electron chi connectivity index (χ2n) is 2.06. The molecule has 14 heavy (non-hydrogen) atoms. The number of methoxy groups -OCH3 is 1.